The lowest BCUT2D eigenvalue weighted by Gasteiger charge is -2.16. The van der Waals surface area contributed by atoms with Gasteiger partial charge in [0.2, 0.25) is 0 Å². The van der Waals surface area contributed by atoms with E-state index in [1.54, 1.807) is 6.92 Å². The molecule has 0 aromatic heterocycles. The minimum Gasteiger partial charge on any atom is -0.480 e. The lowest BCUT2D eigenvalue weighted by atomic mass is 10.1. The van der Waals surface area contributed by atoms with Crippen molar-refractivity contribution in [1.82, 2.24) is 5.32 Å². The highest BCUT2D eigenvalue weighted by Crippen LogP contribution is 2.03. The minimum absolute atomic E-state index is 0.165. The summed E-state index contributed by atoms with van der Waals surface area (Å²) in [7, 11) is 0. The molecule has 2 unspecified atom stereocenters. The van der Waals surface area contributed by atoms with Gasteiger partial charge >= 0.3 is 5.97 Å². The predicted octanol–water partition coefficient (Wildman–Crippen LogP) is 1.68. The van der Waals surface area contributed by atoms with Crippen LogP contribution in [0.15, 0.2) is 30.3 Å². The number of carboxylic acids is 1. The summed E-state index contributed by atoms with van der Waals surface area (Å²) in [5.74, 6) is -0.810. The highest BCUT2D eigenvalue weighted by atomic mass is 16.4. The molecule has 82 valence electrons. The van der Waals surface area contributed by atoms with Gasteiger partial charge in [-0.1, -0.05) is 30.3 Å². The van der Waals surface area contributed by atoms with Crippen molar-refractivity contribution in [1.29, 1.82) is 0 Å². The maximum Gasteiger partial charge on any atom is 0.320 e. The molecule has 0 bridgehead atoms. The van der Waals surface area contributed by atoms with E-state index in [-0.39, 0.29) is 6.04 Å². The van der Waals surface area contributed by atoms with Crippen LogP contribution in [0, 0.1) is 0 Å². The maximum atomic E-state index is 10.6. The molecule has 1 aromatic carbocycles. The Kier molecular flexibility index (Phi) is 4.31. The zero-order valence-corrected chi connectivity index (χ0v) is 9.10. The van der Waals surface area contributed by atoms with E-state index in [1.807, 2.05) is 37.3 Å². The summed E-state index contributed by atoms with van der Waals surface area (Å²) in [6.07, 6.45) is 0.846. The molecular weight excluding hydrogens is 190 g/mol. The second-order valence-electron chi connectivity index (χ2n) is 3.82. The van der Waals surface area contributed by atoms with E-state index in [0.717, 1.165) is 6.42 Å². The summed E-state index contributed by atoms with van der Waals surface area (Å²) in [6.45, 7) is 3.65. The Hall–Kier alpha value is -1.35. The van der Waals surface area contributed by atoms with Crippen LogP contribution in [0.3, 0.4) is 0 Å². The SMILES string of the molecule is CC(Cc1ccccc1)NC(C)C(=O)O. The van der Waals surface area contributed by atoms with Gasteiger partial charge in [0.25, 0.3) is 0 Å². The smallest absolute Gasteiger partial charge is 0.320 e. The van der Waals surface area contributed by atoms with Gasteiger partial charge in [-0.3, -0.25) is 4.79 Å². The molecule has 2 N–H and O–H groups in total. The molecule has 15 heavy (non-hydrogen) atoms. The van der Waals surface area contributed by atoms with E-state index < -0.39 is 12.0 Å². The maximum absolute atomic E-state index is 10.6. The zero-order chi connectivity index (χ0) is 11.3. The van der Waals surface area contributed by atoms with Crippen molar-refractivity contribution >= 4 is 5.97 Å². The molecular formula is C12H17NO2. The Labute approximate surface area is 90.1 Å². The Morgan fingerprint density at radius 1 is 1.33 bits per heavy atom. The Morgan fingerprint density at radius 2 is 1.93 bits per heavy atom. The number of hydrogen-bond donors (Lipinski definition) is 2. The summed E-state index contributed by atoms with van der Waals surface area (Å²) in [5.41, 5.74) is 1.22. The summed E-state index contributed by atoms with van der Waals surface area (Å²) in [4.78, 5) is 10.6. The molecule has 0 spiro atoms. The number of rotatable bonds is 5. The largest absolute Gasteiger partial charge is 0.480 e. The fraction of sp³-hybridized carbons (Fsp3) is 0.417. The van der Waals surface area contributed by atoms with Crippen molar-refractivity contribution in [3.63, 3.8) is 0 Å². The molecule has 0 aliphatic rings. The van der Waals surface area contributed by atoms with Crippen LogP contribution in [-0.4, -0.2) is 23.2 Å². The van der Waals surface area contributed by atoms with E-state index in [9.17, 15) is 4.79 Å². The Balaban J connectivity index is 2.43. The molecule has 2 atom stereocenters. The van der Waals surface area contributed by atoms with E-state index >= 15 is 0 Å². The van der Waals surface area contributed by atoms with Gasteiger partial charge in [-0.2, -0.15) is 0 Å². The number of carboxylic acid groups (broad SMARTS) is 1. The average Bonchev–Trinajstić information content (AvgIpc) is 2.18. The Bertz CT molecular complexity index is 311. The van der Waals surface area contributed by atoms with E-state index in [4.69, 9.17) is 5.11 Å². The number of nitrogens with one attached hydrogen (secondary N) is 1. The fourth-order valence-corrected chi connectivity index (χ4v) is 1.52. The first kappa shape index (κ1) is 11.7. The van der Waals surface area contributed by atoms with E-state index in [2.05, 4.69) is 5.32 Å². The van der Waals surface area contributed by atoms with Gasteiger partial charge in [0.05, 0.1) is 0 Å². The fourth-order valence-electron chi connectivity index (χ4n) is 1.52. The molecule has 0 heterocycles. The number of benzene rings is 1. The standard InChI is InChI=1S/C12H17NO2/c1-9(13-10(2)12(14)15)8-11-6-4-3-5-7-11/h3-7,9-10,13H,8H2,1-2H3,(H,14,15). The molecule has 0 radical (unpaired) electrons. The lowest BCUT2D eigenvalue weighted by Crippen LogP contribution is -2.40. The van der Waals surface area contributed by atoms with Crippen LogP contribution < -0.4 is 5.32 Å². The third-order valence-electron chi connectivity index (χ3n) is 2.29. The number of carbonyl (C=O) groups is 1. The molecule has 0 aliphatic carbocycles. The molecule has 0 aliphatic heterocycles. The molecule has 1 aromatic rings. The van der Waals surface area contributed by atoms with Crippen molar-refractivity contribution in [3.8, 4) is 0 Å². The Morgan fingerprint density at radius 3 is 2.47 bits per heavy atom. The first-order valence-electron chi connectivity index (χ1n) is 5.12. The predicted molar refractivity (Wildman–Crippen MR) is 59.8 cm³/mol. The second-order valence-corrected chi connectivity index (χ2v) is 3.82. The van der Waals surface area contributed by atoms with Crippen molar-refractivity contribution < 1.29 is 9.90 Å². The van der Waals surface area contributed by atoms with Crippen LogP contribution >= 0.6 is 0 Å². The molecule has 3 heteroatoms. The quantitative estimate of drug-likeness (QED) is 0.772. The molecule has 0 saturated heterocycles. The summed E-state index contributed by atoms with van der Waals surface area (Å²) in [6, 6.07) is 9.71. The summed E-state index contributed by atoms with van der Waals surface area (Å²) < 4.78 is 0. The van der Waals surface area contributed by atoms with E-state index in [0.29, 0.717) is 0 Å². The molecule has 1 rings (SSSR count). The van der Waals surface area contributed by atoms with Gasteiger partial charge in [-0.05, 0) is 25.8 Å². The van der Waals surface area contributed by atoms with Crippen molar-refractivity contribution in [2.45, 2.75) is 32.4 Å². The van der Waals surface area contributed by atoms with Crippen LogP contribution in [0.5, 0.6) is 0 Å². The highest BCUT2D eigenvalue weighted by Gasteiger charge is 2.13. The van der Waals surface area contributed by atoms with Crippen LogP contribution in [0.25, 0.3) is 0 Å². The van der Waals surface area contributed by atoms with Gasteiger partial charge < -0.3 is 10.4 Å². The van der Waals surface area contributed by atoms with Gasteiger partial charge in [0.1, 0.15) is 6.04 Å². The lowest BCUT2D eigenvalue weighted by molar-refractivity contribution is -0.139. The second kappa shape index (κ2) is 5.51. The van der Waals surface area contributed by atoms with Crippen molar-refractivity contribution in [2.75, 3.05) is 0 Å². The summed E-state index contributed by atoms with van der Waals surface area (Å²) >= 11 is 0. The van der Waals surface area contributed by atoms with E-state index in [1.165, 1.54) is 5.56 Å². The topological polar surface area (TPSA) is 49.3 Å². The molecule has 3 nitrogen and oxygen atoms in total. The minimum atomic E-state index is -0.810. The third kappa shape index (κ3) is 4.13. The van der Waals surface area contributed by atoms with Gasteiger partial charge in [-0.25, -0.2) is 0 Å². The van der Waals surface area contributed by atoms with Crippen molar-refractivity contribution in [3.05, 3.63) is 35.9 Å². The van der Waals surface area contributed by atoms with Crippen LogP contribution in [0.4, 0.5) is 0 Å². The van der Waals surface area contributed by atoms with Crippen molar-refractivity contribution in [2.24, 2.45) is 0 Å². The molecule has 0 fully saturated rings. The monoisotopic (exact) mass is 207 g/mol. The average molecular weight is 207 g/mol. The van der Waals surface area contributed by atoms with Gasteiger partial charge in [0, 0.05) is 6.04 Å². The zero-order valence-electron chi connectivity index (χ0n) is 9.10. The first-order chi connectivity index (χ1) is 7.09. The van der Waals surface area contributed by atoms with Crippen LogP contribution in [0.1, 0.15) is 19.4 Å². The van der Waals surface area contributed by atoms with Crippen LogP contribution in [-0.2, 0) is 11.2 Å². The highest BCUT2D eigenvalue weighted by molar-refractivity contribution is 5.72. The normalized spacial score (nSPS) is 14.5. The van der Waals surface area contributed by atoms with Crippen LogP contribution in [0.2, 0.25) is 0 Å². The number of aliphatic carboxylic acids is 1. The third-order valence-corrected chi connectivity index (χ3v) is 2.29. The van der Waals surface area contributed by atoms with Gasteiger partial charge in [-0.15, -0.1) is 0 Å². The van der Waals surface area contributed by atoms with Gasteiger partial charge in [0.15, 0.2) is 0 Å². The summed E-state index contributed by atoms with van der Waals surface area (Å²) in [5, 5.41) is 11.8. The molecule has 0 saturated carbocycles. The first-order valence-corrected chi connectivity index (χ1v) is 5.12. The molecule has 0 amide bonds. The number of hydrogen-bond acceptors (Lipinski definition) is 2.